The maximum Gasteiger partial charge on any atom is 0.310 e. The van der Waals surface area contributed by atoms with E-state index >= 15 is 0 Å². The van der Waals surface area contributed by atoms with Crippen LogP contribution in [0.1, 0.15) is 37.0 Å². The first-order valence-electron chi connectivity index (χ1n) is 4.92. The molecule has 0 radical (unpaired) electrons. The predicted octanol–water partition coefficient (Wildman–Crippen LogP) is 2.58. The van der Waals surface area contributed by atoms with Crippen molar-refractivity contribution in [3.05, 3.63) is 35.4 Å². The Bertz CT molecular complexity index is 346. The van der Waals surface area contributed by atoms with Gasteiger partial charge in [-0.05, 0) is 25.0 Å². The van der Waals surface area contributed by atoms with Crippen LogP contribution in [0.25, 0.3) is 0 Å². The van der Waals surface area contributed by atoms with E-state index in [2.05, 4.69) is 0 Å². The number of ether oxygens (including phenoxy) is 1. The lowest BCUT2D eigenvalue weighted by atomic mass is 9.93. The number of carbonyl (C=O) groups is 1. The van der Waals surface area contributed by atoms with Crippen molar-refractivity contribution in [2.45, 2.75) is 25.9 Å². The zero-order chi connectivity index (χ0) is 11.4. The summed E-state index contributed by atoms with van der Waals surface area (Å²) < 4.78 is 5.21. The monoisotopic (exact) mass is 208 g/mol. The van der Waals surface area contributed by atoms with Crippen molar-refractivity contribution in [1.82, 2.24) is 0 Å². The highest BCUT2D eigenvalue weighted by Gasteiger charge is 2.19. The molecule has 0 aliphatic rings. The average molecular weight is 208 g/mol. The Morgan fingerprint density at radius 1 is 1.27 bits per heavy atom. The van der Waals surface area contributed by atoms with E-state index in [0.717, 1.165) is 11.1 Å². The molecule has 0 aromatic heterocycles. The van der Waals surface area contributed by atoms with E-state index in [4.69, 9.17) is 9.84 Å². The van der Waals surface area contributed by atoms with Crippen LogP contribution in [0.5, 0.6) is 0 Å². The molecule has 1 rings (SSSR count). The molecule has 0 aliphatic heterocycles. The molecule has 15 heavy (non-hydrogen) atoms. The van der Waals surface area contributed by atoms with Crippen molar-refractivity contribution in [3.8, 4) is 0 Å². The molecular formula is C12H16O3. The van der Waals surface area contributed by atoms with Crippen molar-refractivity contribution >= 4 is 5.97 Å². The molecule has 0 spiro atoms. The summed E-state index contributed by atoms with van der Waals surface area (Å²) in [6.45, 7) is 3.59. The molecule has 0 bridgehead atoms. The first kappa shape index (κ1) is 11.7. The molecule has 0 fully saturated rings. The molecule has 2 unspecified atom stereocenters. The highest BCUT2D eigenvalue weighted by atomic mass is 16.5. The molecule has 0 saturated carbocycles. The van der Waals surface area contributed by atoms with Crippen molar-refractivity contribution in [2.24, 2.45) is 0 Å². The van der Waals surface area contributed by atoms with Gasteiger partial charge in [-0.25, -0.2) is 0 Å². The lowest BCUT2D eigenvalue weighted by Gasteiger charge is -2.17. The second kappa shape index (κ2) is 4.94. The second-order valence-corrected chi connectivity index (χ2v) is 3.57. The fraction of sp³-hybridized carbons (Fsp3) is 0.417. The molecule has 0 amide bonds. The number of carboxylic acids is 1. The number of benzene rings is 1. The Kier molecular flexibility index (Phi) is 3.86. The number of hydrogen-bond acceptors (Lipinski definition) is 2. The van der Waals surface area contributed by atoms with Crippen molar-refractivity contribution in [2.75, 3.05) is 7.11 Å². The quantitative estimate of drug-likeness (QED) is 0.827. The van der Waals surface area contributed by atoms with Gasteiger partial charge in [0.05, 0.1) is 12.0 Å². The first-order valence-corrected chi connectivity index (χ1v) is 4.92. The maximum atomic E-state index is 10.9. The largest absolute Gasteiger partial charge is 0.481 e. The summed E-state index contributed by atoms with van der Waals surface area (Å²) in [7, 11) is 1.62. The van der Waals surface area contributed by atoms with E-state index < -0.39 is 11.9 Å². The van der Waals surface area contributed by atoms with Gasteiger partial charge in [0.15, 0.2) is 0 Å². The van der Waals surface area contributed by atoms with Crippen LogP contribution in [0.4, 0.5) is 0 Å². The van der Waals surface area contributed by atoms with Gasteiger partial charge in [-0.3, -0.25) is 4.79 Å². The van der Waals surface area contributed by atoms with E-state index in [0.29, 0.717) is 0 Å². The molecule has 1 aromatic carbocycles. The molecule has 0 saturated heterocycles. The summed E-state index contributed by atoms with van der Waals surface area (Å²) in [6.07, 6.45) is -0.0806. The standard InChI is InChI=1S/C12H16O3/c1-8(12(13)14)10-6-4-5-7-11(10)9(2)15-3/h4-9H,1-3H3,(H,13,14). The molecule has 82 valence electrons. The Hall–Kier alpha value is -1.35. The van der Waals surface area contributed by atoms with Crippen LogP contribution in [0.2, 0.25) is 0 Å². The SMILES string of the molecule is COC(C)c1ccccc1C(C)C(=O)O. The predicted molar refractivity (Wildman–Crippen MR) is 57.9 cm³/mol. The molecule has 3 nitrogen and oxygen atoms in total. The minimum Gasteiger partial charge on any atom is -0.481 e. The highest BCUT2D eigenvalue weighted by molar-refractivity contribution is 5.76. The van der Waals surface area contributed by atoms with Gasteiger partial charge < -0.3 is 9.84 Å². The number of rotatable bonds is 4. The summed E-state index contributed by atoms with van der Waals surface area (Å²) in [5.74, 6) is -1.32. The lowest BCUT2D eigenvalue weighted by molar-refractivity contribution is -0.138. The van der Waals surface area contributed by atoms with Gasteiger partial charge in [-0.1, -0.05) is 24.3 Å². The van der Waals surface area contributed by atoms with Crippen LogP contribution in [0.3, 0.4) is 0 Å². The maximum absolute atomic E-state index is 10.9. The molecule has 0 aliphatic carbocycles. The summed E-state index contributed by atoms with van der Waals surface area (Å²) in [5, 5.41) is 8.97. The molecule has 2 atom stereocenters. The van der Waals surface area contributed by atoms with E-state index in [-0.39, 0.29) is 6.10 Å². The first-order chi connectivity index (χ1) is 7.07. The van der Waals surface area contributed by atoms with Crippen LogP contribution >= 0.6 is 0 Å². The lowest BCUT2D eigenvalue weighted by Crippen LogP contribution is -2.11. The van der Waals surface area contributed by atoms with E-state index in [1.807, 2.05) is 31.2 Å². The van der Waals surface area contributed by atoms with Gasteiger partial charge in [0.2, 0.25) is 0 Å². The van der Waals surface area contributed by atoms with Crippen molar-refractivity contribution in [1.29, 1.82) is 0 Å². The smallest absolute Gasteiger partial charge is 0.310 e. The normalized spacial score (nSPS) is 14.6. The van der Waals surface area contributed by atoms with Crippen LogP contribution in [-0.2, 0) is 9.53 Å². The fourth-order valence-electron chi connectivity index (χ4n) is 1.54. The summed E-state index contributed by atoms with van der Waals surface area (Å²) in [4.78, 5) is 10.9. The summed E-state index contributed by atoms with van der Waals surface area (Å²) in [6, 6.07) is 7.48. The Morgan fingerprint density at radius 3 is 2.27 bits per heavy atom. The average Bonchev–Trinajstić information content (AvgIpc) is 2.27. The summed E-state index contributed by atoms with van der Waals surface area (Å²) >= 11 is 0. The number of methoxy groups -OCH3 is 1. The Morgan fingerprint density at radius 2 is 1.80 bits per heavy atom. The Labute approximate surface area is 89.7 Å². The number of hydrogen-bond donors (Lipinski definition) is 1. The van der Waals surface area contributed by atoms with Crippen LogP contribution in [0, 0.1) is 0 Å². The van der Waals surface area contributed by atoms with Crippen LogP contribution < -0.4 is 0 Å². The van der Waals surface area contributed by atoms with Gasteiger partial charge in [0, 0.05) is 7.11 Å². The zero-order valence-corrected chi connectivity index (χ0v) is 9.23. The van der Waals surface area contributed by atoms with Gasteiger partial charge in [0.25, 0.3) is 0 Å². The topological polar surface area (TPSA) is 46.5 Å². The van der Waals surface area contributed by atoms with Crippen molar-refractivity contribution < 1.29 is 14.6 Å². The van der Waals surface area contributed by atoms with Crippen LogP contribution in [-0.4, -0.2) is 18.2 Å². The third kappa shape index (κ3) is 2.57. The van der Waals surface area contributed by atoms with E-state index in [1.54, 1.807) is 14.0 Å². The Balaban J connectivity index is 3.11. The van der Waals surface area contributed by atoms with Gasteiger partial charge in [-0.15, -0.1) is 0 Å². The van der Waals surface area contributed by atoms with Gasteiger partial charge in [-0.2, -0.15) is 0 Å². The molecular weight excluding hydrogens is 192 g/mol. The van der Waals surface area contributed by atoms with Gasteiger partial charge >= 0.3 is 5.97 Å². The number of aliphatic carboxylic acids is 1. The van der Waals surface area contributed by atoms with E-state index in [1.165, 1.54) is 0 Å². The molecule has 0 heterocycles. The number of carboxylic acid groups (broad SMARTS) is 1. The van der Waals surface area contributed by atoms with Crippen LogP contribution in [0.15, 0.2) is 24.3 Å². The summed E-state index contributed by atoms with van der Waals surface area (Å²) in [5.41, 5.74) is 1.76. The van der Waals surface area contributed by atoms with Crippen molar-refractivity contribution in [3.63, 3.8) is 0 Å². The highest BCUT2D eigenvalue weighted by Crippen LogP contribution is 2.26. The molecule has 3 heteroatoms. The second-order valence-electron chi connectivity index (χ2n) is 3.57. The molecule has 1 aromatic rings. The third-order valence-corrected chi connectivity index (χ3v) is 2.62. The fourth-order valence-corrected chi connectivity index (χ4v) is 1.54. The minimum atomic E-state index is -0.814. The van der Waals surface area contributed by atoms with Gasteiger partial charge in [0.1, 0.15) is 0 Å². The molecule has 1 N–H and O–H groups in total. The minimum absolute atomic E-state index is 0.0806. The van der Waals surface area contributed by atoms with E-state index in [9.17, 15) is 4.79 Å². The zero-order valence-electron chi connectivity index (χ0n) is 9.23. The third-order valence-electron chi connectivity index (χ3n) is 2.62.